The minimum atomic E-state index is 0.250. The number of carbonyl (C=O) groups excluding carboxylic acids is 2. The van der Waals surface area contributed by atoms with Gasteiger partial charge in [-0.3, -0.25) is 9.59 Å². The predicted molar refractivity (Wildman–Crippen MR) is 49.4 cm³/mol. The molecule has 0 aliphatic heterocycles. The lowest BCUT2D eigenvalue weighted by Gasteiger charge is -1.95. The lowest BCUT2D eigenvalue weighted by Crippen LogP contribution is -2.13. The number of nitrogens with two attached hydrogens (primary N) is 4. The summed E-state index contributed by atoms with van der Waals surface area (Å²) in [5.41, 5.74) is 18.5. The molecule has 0 radical (unpaired) electrons. The standard InChI is InChI=1S/C4H12N2O.2CH3NO/c5-1-3-7-4-2-6;2*2-1-3/h1-6H2;2*1H,(H2,2,3). The van der Waals surface area contributed by atoms with Crippen molar-refractivity contribution in [3.63, 3.8) is 0 Å². The summed E-state index contributed by atoms with van der Waals surface area (Å²) < 4.78 is 4.88. The normalized spacial score (nSPS) is 6.92. The molecule has 7 nitrogen and oxygen atoms in total. The van der Waals surface area contributed by atoms with E-state index in [-0.39, 0.29) is 12.8 Å². The van der Waals surface area contributed by atoms with Crippen molar-refractivity contribution in [1.29, 1.82) is 0 Å². The zero-order valence-electron chi connectivity index (χ0n) is 7.52. The minimum absolute atomic E-state index is 0.250. The van der Waals surface area contributed by atoms with Gasteiger partial charge in [0.15, 0.2) is 0 Å². The molecule has 0 bridgehead atoms. The molecule has 80 valence electrons. The van der Waals surface area contributed by atoms with Crippen molar-refractivity contribution >= 4 is 12.8 Å². The molecule has 0 heterocycles. The molecule has 0 saturated heterocycles. The van der Waals surface area contributed by atoms with Crippen LogP contribution in [0.15, 0.2) is 0 Å². The third-order valence-electron chi connectivity index (χ3n) is 0.524. The Balaban J connectivity index is -0.000000140. The van der Waals surface area contributed by atoms with Crippen molar-refractivity contribution in [3.05, 3.63) is 0 Å². The van der Waals surface area contributed by atoms with Gasteiger partial charge in [0.2, 0.25) is 12.8 Å². The highest BCUT2D eigenvalue weighted by Gasteiger charge is 1.77. The van der Waals surface area contributed by atoms with E-state index in [0.29, 0.717) is 26.3 Å². The Morgan fingerprint density at radius 3 is 1.31 bits per heavy atom. The Bertz CT molecular complexity index is 81.9. The largest absolute Gasteiger partial charge is 0.379 e. The molecule has 0 spiro atoms. The molecule has 2 amide bonds. The average molecular weight is 194 g/mol. The van der Waals surface area contributed by atoms with E-state index in [1.165, 1.54) is 0 Å². The van der Waals surface area contributed by atoms with E-state index in [9.17, 15) is 0 Å². The van der Waals surface area contributed by atoms with Crippen LogP contribution >= 0.6 is 0 Å². The van der Waals surface area contributed by atoms with Crippen LogP contribution in [-0.4, -0.2) is 39.1 Å². The van der Waals surface area contributed by atoms with Crippen molar-refractivity contribution in [2.24, 2.45) is 22.9 Å². The molecule has 0 aromatic rings. The zero-order chi connectivity index (χ0) is 10.9. The highest BCUT2D eigenvalue weighted by molar-refractivity contribution is 5.42. The van der Waals surface area contributed by atoms with E-state index in [0.717, 1.165) is 0 Å². The Morgan fingerprint density at radius 2 is 1.15 bits per heavy atom. The van der Waals surface area contributed by atoms with Gasteiger partial charge in [0, 0.05) is 13.1 Å². The number of carbonyl (C=O) groups is 2. The minimum Gasteiger partial charge on any atom is -0.379 e. The van der Waals surface area contributed by atoms with E-state index >= 15 is 0 Å². The smallest absolute Gasteiger partial charge is 0.204 e. The van der Waals surface area contributed by atoms with Crippen LogP contribution in [0.25, 0.3) is 0 Å². The van der Waals surface area contributed by atoms with Crippen LogP contribution in [0.2, 0.25) is 0 Å². The van der Waals surface area contributed by atoms with Crippen LogP contribution in [0.5, 0.6) is 0 Å². The summed E-state index contributed by atoms with van der Waals surface area (Å²) in [4.78, 5) is 17.2. The molecule has 0 unspecified atom stereocenters. The van der Waals surface area contributed by atoms with E-state index < -0.39 is 0 Å². The van der Waals surface area contributed by atoms with Gasteiger partial charge in [-0.1, -0.05) is 0 Å². The summed E-state index contributed by atoms with van der Waals surface area (Å²) in [6, 6.07) is 0. The van der Waals surface area contributed by atoms with Crippen molar-refractivity contribution in [1.82, 2.24) is 0 Å². The van der Waals surface area contributed by atoms with Gasteiger partial charge in [-0.15, -0.1) is 0 Å². The molecule has 0 aromatic carbocycles. The van der Waals surface area contributed by atoms with Gasteiger partial charge in [-0.05, 0) is 0 Å². The molecular formula is C6H18N4O3. The van der Waals surface area contributed by atoms with Gasteiger partial charge in [0.25, 0.3) is 0 Å². The Morgan fingerprint density at radius 1 is 0.923 bits per heavy atom. The molecule has 8 N–H and O–H groups in total. The second-order valence-corrected chi connectivity index (χ2v) is 1.46. The summed E-state index contributed by atoms with van der Waals surface area (Å²) in [5, 5.41) is 0. The maximum atomic E-state index is 8.58. The summed E-state index contributed by atoms with van der Waals surface area (Å²) in [6.07, 6.45) is 0.500. The molecule has 13 heavy (non-hydrogen) atoms. The van der Waals surface area contributed by atoms with Gasteiger partial charge >= 0.3 is 0 Å². The van der Waals surface area contributed by atoms with Crippen LogP contribution in [0.4, 0.5) is 0 Å². The Kier molecular flexibility index (Phi) is 42.1. The second kappa shape index (κ2) is 30.8. The number of hydrogen-bond donors (Lipinski definition) is 4. The lowest BCUT2D eigenvalue weighted by atomic mass is 10.7. The topological polar surface area (TPSA) is 147 Å². The molecule has 0 saturated carbocycles. The Hall–Kier alpha value is -1.18. The van der Waals surface area contributed by atoms with E-state index in [4.69, 9.17) is 25.8 Å². The predicted octanol–water partition coefficient (Wildman–Crippen LogP) is -2.88. The maximum absolute atomic E-state index is 8.58. The summed E-state index contributed by atoms with van der Waals surface area (Å²) in [7, 11) is 0. The van der Waals surface area contributed by atoms with Gasteiger partial charge in [-0.25, -0.2) is 0 Å². The molecule has 0 fully saturated rings. The van der Waals surface area contributed by atoms with Crippen LogP contribution < -0.4 is 22.9 Å². The fraction of sp³-hybridized carbons (Fsp3) is 0.667. The summed E-state index contributed by atoms with van der Waals surface area (Å²) in [5.74, 6) is 0. The second-order valence-electron chi connectivity index (χ2n) is 1.46. The number of rotatable bonds is 4. The Labute approximate surface area is 77.4 Å². The first kappa shape index (κ1) is 17.8. The lowest BCUT2D eigenvalue weighted by molar-refractivity contribution is -0.107. The van der Waals surface area contributed by atoms with Crippen molar-refractivity contribution < 1.29 is 14.3 Å². The fourth-order valence-corrected chi connectivity index (χ4v) is 0.269. The van der Waals surface area contributed by atoms with Crippen molar-refractivity contribution in [2.75, 3.05) is 26.3 Å². The third-order valence-corrected chi connectivity index (χ3v) is 0.524. The van der Waals surface area contributed by atoms with E-state index in [1.807, 2.05) is 0 Å². The van der Waals surface area contributed by atoms with Crippen LogP contribution in [0.1, 0.15) is 0 Å². The first-order valence-corrected chi connectivity index (χ1v) is 3.53. The quantitative estimate of drug-likeness (QED) is 0.280. The molecule has 0 atom stereocenters. The summed E-state index contributed by atoms with van der Waals surface area (Å²) in [6.45, 7) is 2.41. The number of hydrogen-bond acceptors (Lipinski definition) is 5. The summed E-state index contributed by atoms with van der Waals surface area (Å²) >= 11 is 0. The first-order valence-electron chi connectivity index (χ1n) is 3.53. The maximum Gasteiger partial charge on any atom is 0.204 e. The first-order chi connectivity index (χ1) is 6.24. The van der Waals surface area contributed by atoms with Gasteiger partial charge in [-0.2, -0.15) is 0 Å². The molecule has 0 aromatic heterocycles. The molecule has 0 aliphatic carbocycles. The number of amides is 2. The van der Waals surface area contributed by atoms with Crippen molar-refractivity contribution in [2.45, 2.75) is 0 Å². The highest BCUT2D eigenvalue weighted by atomic mass is 16.5. The zero-order valence-corrected chi connectivity index (χ0v) is 7.52. The van der Waals surface area contributed by atoms with E-state index in [1.54, 1.807) is 0 Å². The number of ether oxygens (including phenoxy) is 1. The van der Waals surface area contributed by atoms with Crippen LogP contribution in [0.3, 0.4) is 0 Å². The SMILES string of the molecule is NC=O.NC=O.NCCOCCN. The number of primary amides is 2. The molecular weight excluding hydrogens is 176 g/mol. The highest BCUT2D eigenvalue weighted by Crippen LogP contribution is 1.65. The van der Waals surface area contributed by atoms with Gasteiger partial charge in [0.05, 0.1) is 13.2 Å². The van der Waals surface area contributed by atoms with Gasteiger partial charge in [0.1, 0.15) is 0 Å². The third kappa shape index (κ3) is 106. The fourth-order valence-electron chi connectivity index (χ4n) is 0.269. The van der Waals surface area contributed by atoms with Gasteiger partial charge < -0.3 is 27.7 Å². The molecule has 0 rings (SSSR count). The van der Waals surface area contributed by atoms with E-state index in [2.05, 4.69) is 11.5 Å². The van der Waals surface area contributed by atoms with Crippen LogP contribution in [0, 0.1) is 0 Å². The van der Waals surface area contributed by atoms with Crippen LogP contribution in [-0.2, 0) is 14.3 Å². The average Bonchev–Trinajstić information content (AvgIpc) is 2.08. The monoisotopic (exact) mass is 194 g/mol. The van der Waals surface area contributed by atoms with Crippen molar-refractivity contribution in [3.8, 4) is 0 Å². The molecule has 7 heteroatoms. The molecule has 0 aliphatic rings.